The Morgan fingerprint density at radius 3 is 2.79 bits per heavy atom. The first kappa shape index (κ1) is 16.6. The van der Waals surface area contributed by atoms with E-state index in [2.05, 4.69) is 10.3 Å². The van der Waals surface area contributed by atoms with E-state index in [4.69, 9.17) is 4.52 Å². The molecule has 0 saturated carbocycles. The molecule has 130 valence electrons. The first-order valence-electron chi connectivity index (χ1n) is 7.56. The number of aliphatic hydroxyl groups is 1. The lowest BCUT2D eigenvalue weighted by Gasteiger charge is -2.15. The number of β-amino-alcohol motifs (C(OH)–C–C–N with tert-alkyl or cyclic N) is 1. The van der Waals surface area contributed by atoms with E-state index in [-0.39, 0.29) is 18.2 Å². The van der Waals surface area contributed by atoms with E-state index in [9.17, 15) is 18.7 Å². The topological polar surface area (TPSA) is 84.4 Å². The SMILES string of the molecule is Cc1cc(C[C@@H]2CN(C(=O)c3cc(C(F)F)nn3C)C[C@@H]2O)on1. The van der Waals surface area contributed by atoms with Crippen molar-refractivity contribution in [1.82, 2.24) is 19.8 Å². The number of aromatic nitrogens is 3. The van der Waals surface area contributed by atoms with Gasteiger partial charge in [-0.15, -0.1) is 0 Å². The number of hydrogen-bond acceptors (Lipinski definition) is 5. The highest BCUT2D eigenvalue weighted by molar-refractivity contribution is 5.93. The summed E-state index contributed by atoms with van der Waals surface area (Å²) < 4.78 is 31.7. The van der Waals surface area contributed by atoms with Gasteiger partial charge in [-0.2, -0.15) is 5.10 Å². The van der Waals surface area contributed by atoms with Crippen LogP contribution in [0.1, 0.15) is 34.1 Å². The zero-order chi connectivity index (χ0) is 17.4. The van der Waals surface area contributed by atoms with Crippen LogP contribution in [0.5, 0.6) is 0 Å². The van der Waals surface area contributed by atoms with Gasteiger partial charge < -0.3 is 14.5 Å². The summed E-state index contributed by atoms with van der Waals surface area (Å²) in [6.07, 6.45) is -2.98. The van der Waals surface area contributed by atoms with Gasteiger partial charge in [-0.25, -0.2) is 8.78 Å². The van der Waals surface area contributed by atoms with Gasteiger partial charge in [-0.05, 0) is 13.0 Å². The number of hydrogen-bond donors (Lipinski definition) is 1. The molecule has 2 aromatic rings. The molecule has 2 aromatic heterocycles. The summed E-state index contributed by atoms with van der Waals surface area (Å²) in [5, 5.41) is 17.6. The molecule has 2 atom stereocenters. The van der Waals surface area contributed by atoms with E-state index in [1.54, 1.807) is 13.0 Å². The van der Waals surface area contributed by atoms with E-state index < -0.39 is 24.1 Å². The van der Waals surface area contributed by atoms with Gasteiger partial charge in [-0.3, -0.25) is 9.48 Å². The minimum atomic E-state index is -2.73. The number of rotatable bonds is 4. The third-order valence-corrected chi connectivity index (χ3v) is 4.18. The van der Waals surface area contributed by atoms with Gasteiger partial charge in [-0.1, -0.05) is 5.16 Å². The number of likely N-dealkylation sites (tertiary alicyclic amines) is 1. The van der Waals surface area contributed by atoms with Crippen molar-refractivity contribution < 1.29 is 23.2 Å². The Morgan fingerprint density at radius 2 is 2.21 bits per heavy atom. The van der Waals surface area contributed by atoms with Crippen LogP contribution in [-0.2, 0) is 13.5 Å². The number of aryl methyl sites for hydroxylation is 2. The average Bonchev–Trinajstić information content (AvgIpc) is 3.19. The van der Waals surface area contributed by atoms with Gasteiger partial charge in [0.25, 0.3) is 12.3 Å². The summed E-state index contributed by atoms with van der Waals surface area (Å²) in [7, 11) is 1.44. The average molecular weight is 340 g/mol. The monoisotopic (exact) mass is 340 g/mol. The normalized spacial score (nSPS) is 21.0. The van der Waals surface area contributed by atoms with Crippen molar-refractivity contribution in [3.05, 3.63) is 35.0 Å². The van der Waals surface area contributed by atoms with Crippen LogP contribution >= 0.6 is 0 Å². The Balaban J connectivity index is 1.70. The summed E-state index contributed by atoms with van der Waals surface area (Å²) in [6, 6.07) is 2.87. The number of amides is 1. The third-order valence-electron chi connectivity index (χ3n) is 4.18. The summed E-state index contributed by atoms with van der Waals surface area (Å²) in [5.41, 5.74) is 0.391. The Bertz CT molecular complexity index is 743. The lowest BCUT2D eigenvalue weighted by molar-refractivity contribution is 0.0754. The van der Waals surface area contributed by atoms with E-state index in [0.29, 0.717) is 18.7 Å². The predicted molar refractivity (Wildman–Crippen MR) is 78.5 cm³/mol. The molecule has 1 saturated heterocycles. The molecule has 1 amide bonds. The maximum atomic E-state index is 12.7. The fourth-order valence-corrected chi connectivity index (χ4v) is 2.95. The molecular weight excluding hydrogens is 322 g/mol. The molecule has 0 spiro atoms. The lowest BCUT2D eigenvalue weighted by Crippen LogP contribution is -2.31. The van der Waals surface area contributed by atoms with Gasteiger partial charge in [0, 0.05) is 38.5 Å². The van der Waals surface area contributed by atoms with Crippen LogP contribution < -0.4 is 0 Å². The molecule has 3 rings (SSSR count). The Morgan fingerprint density at radius 1 is 1.46 bits per heavy atom. The van der Waals surface area contributed by atoms with Crippen molar-refractivity contribution in [3.8, 4) is 0 Å². The summed E-state index contributed by atoms with van der Waals surface area (Å²) in [6.45, 7) is 2.26. The molecule has 24 heavy (non-hydrogen) atoms. The van der Waals surface area contributed by atoms with Gasteiger partial charge >= 0.3 is 0 Å². The Hall–Kier alpha value is -2.29. The molecule has 0 bridgehead atoms. The molecule has 9 heteroatoms. The predicted octanol–water partition coefficient (Wildman–Crippen LogP) is 1.33. The quantitative estimate of drug-likeness (QED) is 0.908. The van der Waals surface area contributed by atoms with Crippen LogP contribution in [0.15, 0.2) is 16.7 Å². The number of aliphatic hydroxyl groups excluding tert-OH is 1. The van der Waals surface area contributed by atoms with Gasteiger partial charge in [0.05, 0.1) is 11.8 Å². The van der Waals surface area contributed by atoms with Gasteiger partial charge in [0.2, 0.25) is 0 Å². The van der Waals surface area contributed by atoms with Crippen molar-refractivity contribution in [3.63, 3.8) is 0 Å². The van der Waals surface area contributed by atoms with E-state index in [1.165, 1.54) is 11.9 Å². The second kappa shape index (κ2) is 6.31. The highest BCUT2D eigenvalue weighted by atomic mass is 19.3. The molecule has 7 nitrogen and oxygen atoms in total. The Kier molecular flexibility index (Phi) is 4.35. The van der Waals surface area contributed by atoms with Crippen LogP contribution in [0.4, 0.5) is 8.78 Å². The number of carbonyl (C=O) groups excluding carboxylic acids is 1. The Labute approximate surface area is 136 Å². The molecule has 0 aromatic carbocycles. The highest BCUT2D eigenvalue weighted by Gasteiger charge is 2.36. The van der Waals surface area contributed by atoms with Crippen molar-refractivity contribution >= 4 is 5.91 Å². The molecule has 1 aliphatic rings. The summed E-state index contributed by atoms with van der Waals surface area (Å²) >= 11 is 0. The third kappa shape index (κ3) is 3.16. The first-order valence-corrected chi connectivity index (χ1v) is 7.56. The molecule has 0 radical (unpaired) electrons. The maximum absolute atomic E-state index is 12.7. The number of nitrogens with zero attached hydrogens (tertiary/aromatic N) is 4. The maximum Gasteiger partial charge on any atom is 0.282 e. The van der Waals surface area contributed by atoms with E-state index >= 15 is 0 Å². The molecule has 0 unspecified atom stereocenters. The standard InChI is InChI=1S/C15H18F2N4O3/c1-8-3-10(24-19-8)4-9-6-21(7-13(9)22)15(23)12-5-11(14(16)17)18-20(12)2/h3,5,9,13-14,22H,4,6-7H2,1-2H3/t9-,13+/m1/s1. The van der Waals surface area contributed by atoms with Crippen LogP contribution in [-0.4, -0.2) is 50.0 Å². The lowest BCUT2D eigenvalue weighted by atomic mass is 10.0. The van der Waals surface area contributed by atoms with Crippen molar-refractivity contribution in [2.75, 3.05) is 13.1 Å². The smallest absolute Gasteiger partial charge is 0.282 e. The molecule has 0 aliphatic carbocycles. The van der Waals surface area contributed by atoms with Crippen molar-refractivity contribution in [1.29, 1.82) is 0 Å². The first-order chi connectivity index (χ1) is 11.3. The van der Waals surface area contributed by atoms with Crippen LogP contribution in [0.3, 0.4) is 0 Å². The van der Waals surface area contributed by atoms with Gasteiger partial charge in [0.1, 0.15) is 17.1 Å². The van der Waals surface area contributed by atoms with E-state index in [0.717, 1.165) is 16.4 Å². The fourth-order valence-electron chi connectivity index (χ4n) is 2.95. The van der Waals surface area contributed by atoms with Gasteiger partial charge in [0.15, 0.2) is 0 Å². The van der Waals surface area contributed by atoms with Crippen LogP contribution in [0.2, 0.25) is 0 Å². The van der Waals surface area contributed by atoms with Crippen LogP contribution in [0, 0.1) is 12.8 Å². The molecule has 3 heterocycles. The second-order valence-corrected chi connectivity index (χ2v) is 6.06. The number of alkyl halides is 2. The van der Waals surface area contributed by atoms with E-state index in [1.807, 2.05) is 0 Å². The number of carbonyl (C=O) groups is 1. The molecule has 1 aliphatic heterocycles. The van der Waals surface area contributed by atoms with Crippen molar-refractivity contribution in [2.45, 2.75) is 25.9 Å². The van der Waals surface area contributed by atoms with Crippen molar-refractivity contribution in [2.24, 2.45) is 13.0 Å². The molecule has 1 fully saturated rings. The van der Waals surface area contributed by atoms with Crippen LogP contribution in [0.25, 0.3) is 0 Å². The second-order valence-electron chi connectivity index (χ2n) is 6.06. The zero-order valence-electron chi connectivity index (χ0n) is 13.3. The zero-order valence-corrected chi connectivity index (χ0v) is 13.3. The largest absolute Gasteiger partial charge is 0.391 e. The fraction of sp³-hybridized carbons (Fsp3) is 0.533. The summed E-state index contributed by atoms with van der Waals surface area (Å²) in [5.74, 6) is 0.0302. The minimum Gasteiger partial charge on any atom is -0.391 e. The molecular formula is C15H18F2N4O3. The minimum absolute atomic E-state index is 0.0775. The number of halogens is 2. The molecule has 1 N–H and O–H groups in total. The summed E-state index contributed by atoms with van der Waals surface area (Å²) in [4.78, 5) is 14.0. The highest BCUT2D eigenvalue weighted by Crippen LogP contribution is 2.25.